The number of carbonyl (C=O) groups is 3. The van der Waals surface area contributed by atoms with E-state index in [-0.39, 0.29) is 25.1 Å². The lowest BCUT2D eigenvalue weighted by atomic mass is 10.1. The van der Waals surface area contributed by atoms with Gasteiger partial charge in [0.25, 0.3) is 0 Å². The number of hydrogen-bond donors (Lipinski definition) is 1. The third-order valence-electron chi connectivity index (χ3n) is 5.28. The molecule has 2 aliphatic heterocycles. The Kier molecular flexibility index (Phi) is 5.00. The number of nitrogens with one attached hydrogen (secondary N) is 1. The number of hydrogen-bond acceptors (Lipinski definition) is 6. The molecule has 4 rings (SSSR count). The van der Waals surface area contributed by atoms with Gasteiger partial charge in [-0.3, -0.25) is 9.59 Å². The topological polar surface area (TPSA) is 95.9 Å². The molecule has 0 unspecified atom stereocenters. The van der Waals surface area contributed by atoms with Crippen LogP contribution in [0.25, 0.3) is 0 Å². The van der Waals surface area contributed by atoms with Crippen molar-refractivity contribution in [2.45, 2.75) is 39.3 Å². The fourth-order valence-electron chi connectivity index (χ4n) is 3.65. The number of ketones is 1. The van der Waals surface area contributed by atoms with Crippen LogP contribution in [0.3, 0.4) is 0 Å². The van der Waals surface area contributed by atoms with E-state index in [0.29, 0.717) is 30.7 Å². The van der Waals surface area contributed by atoms with Crippen molar-refractivity contribution in [3.8, 4) is 11.5 Å². The number of nitrogens with zero attached hydrogens (tertiary/aromatic N) is 1. The van der Waals surface area contributed by atoms with Crippen LogP contribution in [0.2, 0.25) is 0 Å². The number of aromatic nitrogens is 1. The molecule has 1 N–H and O–H groups in total. The van der Waals surface area contributed by atoms with E-state index in [4.69, 9.17) is 14.2 Å². The Morgan fingerprint density at radius 2 is 2.00 bits per heavy atom. The summed E-state index contributed by atoms with van der Waals surface area (Å²) in [5.41, 5.74) is 3.28. The molecule has 8 heteroatoms. The number of carbonyl (C=O) groups excluding carboxylic acids is 3. The van der Waals surface area contributed by atoms with E-state index in [1.165, 1.54) is 0 Å². The van der Waals surface area contributed by atoms with Gasteiger partial charge in [0.05, 0.1) is 0 Å². The zero-order valence-electron chi connectivity index (χ0n) is 16.3. The standard InChI is InChI=1S/C21H22N2O6/c1-12-7-15(17(24)10-27-21(26)16-4-6-20(25)22-16)13(2)23(12)9-14-3-5-18-19(8-14)29-11-28-18/h3,5,7-8,16H,4,6,9-11H2,1-2H3,(H,22,25)/t16-/m0/s1. The van der Waals surface area contributed by atoms with Crippen molar-refractivity contribution in [2.75, 3.05) is 13.4 Å². The molecule has 3 heterocycles. The Labute approximate surface area is 167 Å². The highest BCUT2D eigenvalue weighted by Gasteiger charge is 2.29. The lowest BCUT2D eigenvalue weighted by Crippen LogP contribution is -2.35. The van der Waals surface area contributed by atoms with Crippen LogP contribution in [0.15, 0.2) is 24.3 Å². The highest BCUT2D eigenvalue weighted by Crippen LogP contribution is 2.33. The SMILES string of the molecule is Cc1cc(C(=O)COC(=O)[C@@H]2CCC(=O)N2)c(C)n1Cc1ccc2c(c1)OCO2. The number of esters is 1. The number of benzene rings is 1. The van der Waals surface area contributed by atoms with Crippen LogP contribution in [0.4, 0.5) is 0 Å². The first-order valence-corrected chi connectivity index (χ1v) is 9.47. The normalized spacial score (nSPS) is 17.3. The summed E-state index contributed by atoms with van der Waals surface area (Å²) in [6.07, 6.45) is 0.699. The summed E-state index contributed by atoms with van der Waals surface area (Å²) in [4.78, 5) is 35.8. The number of fused-ring (bicyclic) bond motifs is 1. The van der Waals surface area contributed by atoms with Gasteiger partial charge in [0.2, 0.25) is 18.5 Å². The molecule has 1 fully saturated rings. The highest BCUT2D eigenvalue weighted by atomic mass is 16.7. The number of rotatable bonds is 6. The van der Waals surface area contributed by atoms with Gasteiger partial charge in [-0.2, -0.15) is 0 Å². The van der Waals surface area contributed by atoms with Crippen molar-refractivity contribution in [3.05, 3.63) is 46.8 Å². The fraction of sp³-hybridized carbons (Fsp3) is 0.381. The van der Waals surface area contributed by atoms with Crippen LogP contribution in [-0.2, 0) is 20.9 Å². The minimum Gasteiger partial charge on any atom is -0.456 e. The zero-order chi connectivity index (χ0) is 20.5. The van der Waals surface area contributed by atoms with Gasteiger partial charge in [-0.15, -0.1) is 0 Å². The first-order valence-electron chi connectivity index (χ1n) is 9.47. The molecule has 2 aliphatic rings. The summed E-state index contributed by atoms with van der Waals surface area (Å²) in [5.74, 6) is 0.425. The summed E-state index contributed by atoms with van der Waals surface area (Å²) >= 11 is 0. The zero-order valence-corrected chi connectivity index (χ0v) is 16.3. The third kappa shape index (κ3) is 3.83. The van der Waals surface area contributed by atoms with Gasteiger partial charge < -0.3 is 24.1 Å². The van der Waals surface area contributed by atoms with E-state index >= 15 is 0 Å². The average Bonchev–Trinajstić information content (AvgIpc) is 3.41. The molecule has 1 aromatic heterocycles. The second kappa shape index (κ2) is 7.62. The smallest absolute Gasteiger partial charge is 0.329 e. The molecule has 1 amide bonds. The second-order valence-corrected chi connectivity index (χ2v) is 7.25. The third-order valence-corrected chi connectivity index (χ3v) is 5.28. The summed E-state index contributed by atoms with van der Waals surface area (Å²) in [6, 6.07) is 6.91. The lowest BCUT2D eigenvalue weighted by Gasteiger charge is -2.11. The van der Waals surface area contributed by atoms with Gasteiger partial charge in [-0.1, -0.05) is 6.07 Å². The molecule has 0 aliphatic carbocycles. The first-order chi connectivity index (χ1) is 13.9. The predicted molar refractivity (Wildman–Crippen MR) is 102 cm³/mol. The Morgan fingerprint density at radius 3 is 2.76 bits per heavy atom. The lowest BCUT2D eigenvalue weighted by molar-refractivity contribution is -0.145. The average molecular weight is 398 g/mol. The molecule has 0 radical (unpaired) electrons. The summed E-state index contributed by atoms with van der Waals surface area (Å²) in [5, 5.41) is 2.54. The van der Waals surface area contributed by atoms with E-state index in [2.05, 4.69) is 5.32 Å². The minimum atomic E-state index is -0.659. The van der Waals surface area contributed by atoms with E-state index in [1.54, 1.807) is 6.07 Å². The molecular formula is C21H22N2O6. The largest absolute Gasteiger partial charge is 0.456 e. The molecule has 0 bridgehead atoms. The van der Waals surface area contributed by atoms with E-state index in [0.717, 1.165) is 22.7 Å². The molecule has 0 saturated carbocycles. The molecular weight excluding hydrogens is 376 g/mol. The minimum absolute atomic E-state index is 0.176. The molecule has 1 saturated heterocycles. The van der Waals surface area contributed by atoms with E-state index in [1.807, 2.05) is 36.6 Å². The van der Waals surface area contributed by atoms with Gasteiger partial charge in [0.1, 0.15) is 6.04 Å². The van der Waals surface area contributed by atoms with Crippen LogP contribution in [0, 0.1) is 13.8 Å². The number of aryl methyl sites for hydroxylation is 1. The van der Waals surface area contributed by atoms with Crippen molar-refractivity contribution >= 4 is 17.7 Å². The highest BCUT2D eigenvalue weighted by molar-refractivity contribution is 5.99. The summed E-state index contributed by atoms with van der Waals surface area (Å²) in [7, 11) is 0. The van der Waals surface area contributed by atoms with Crippen molar-refractivity contribution in [1.29, 1.82) is 0 Å². The molecule has 152 valence electrons. The molecule has 0 spiro atoms. The van der Waals surface area contributed by atoms with Crippen molar-refractivity contribution in [2.24, 2.45) is 0 Å². The Hall–Kier alpha value is -3.29. The van der Waals surface area contributed by atoms with E-state index in [9.17, 15) is 14.4 Å². The monoisotopic (exact) mass is 398 g/mol. The Balaban J connectivity index is 1.43. The fourth-order valence-corrected chi connectivity index (χ4v) is 3.65. The van der Waals surface area contributed by atoms with Crippen LogP contribution >= 0.6 is 0 Å². The maximum Gasteiger partial charge on any atom is 0.329 e. The predicted octanol–water partition coefficient (Wildman–Crippen LogP) is 1.89. The molecule has 29 heavy (non-hydrogen) atoms. The van der Waals surface area contributed by atoms with Crippen molar-refractivity contribution < 1.29 is 28.6 Å². The molecule has 2 aromatic rings. The molecule has 8 nitrogen and oxygen atoms in total. The Morgan fingerprint density at radius 1 is 1.21 bits per heavy atom. The number of Topliss-reactive ketones (excluding diaryl/α,β-unsaturated/α-hetero) is 1. The van der Waals surface area contributed by atoms with Gasteiger partial charge in [-0.05, 0) is 44.0 Å². The van der Waals surface area contributed by atoms with Crippen molar-refractivity contribution in [3.63, 3.8) is 0 Å². The molecule has 1 atom stereocenters. The van der Waals surface area contributed by atoms with Gasteiger partial charge >= 0.3 is 5.97 Å². The van der Waals surface area contributed by atoms with Crippen molar-refractivity contribution in [1.82, 2.24) is 9.88 Å². The Bertz CT molecular complexity index is 993. The van der Waals surface area contributed by atoms with Gasteiger partial charge in [-0.25, -0.2) is 4.79 Å². The van der Waals surface area contributed by atoms with Crippen LogP contribution < -0.4 is 14.8 Å². The van der Waals surface area contributed by atoms with Crippen LogP contribution in [0.1, 0.15) is 40.2 Å². The van der Waals surface area contributed by atoms with Gasteiger partial charge in [0, 0.05) is 29.9 Å². The second-order valence-electron chi connectivity index (χ2n) is 7.25. The number of amides is 1. The quantitative estimate of drug-likeness (QED) is 0.590. The number of ether oxygens (including phenoxy) is 3. The summed E-state index contributed by atoms with van der Waals surface area (Å²) in [6.45, 7) is 4.25. The van der Waals surface area contributed by atoms with Crippen LogP contribution in [0.5, 0.6) is 11.5 Å². The van der Waals surface area contributed by atoms with Crippen LogP contribution in [-0.4, -0.2) is 41.7 Å². The first kappa shape index (κ1) is 19.0. The van der Waals surface area contributed by atoms with Gasteiger partial charge in [0.15, 0.2) is 18.1 Å². The summed E-state index contributed by atoms with van der Waals surface area (Å²) < 4.78 is 17.9. The van der Waals surface area contributed by atoms with E-state index < -0.39 is 12.0 Å². The maximum atomic E-state index is 12.6. The maximum absolute atomic E-state index is 12.6. The molecule has 1 aromatic carbocycles.